The molecule has 3 aliphatic rings. The summed E-state index contributed by atoms with van der Waals surface area (Å²) in [4.78, 5) is 12.4. The number of unbranched alkanes of at least 4 members (excludes halogenated alkanes) is 14. The summed E-state index contributed by atoms with van der Waals surface area (Å²) in [5.41, 5.74) is 0. The third-order valence-corrected chi connectivity index (χ3v) is 7.64. The van der Waals surface area contributed by atoms with Gasteiger partial charge < -0.3 is 28.4 Å². The highest BCUT2D eigenvalue weighted by Crippen LogP contribution is 2.44. The third kappa shape index (κ3) is 10.4. The molecule has 7 heteroatoms. The van der Waals surface area contributed by atoms with Crippen LogP contribution >= 0.6 is 0 Å². The summed E-state index contributed by atoms with van der Waals surface area (Å²) < 4.78 is 35.8. The molecule has 0 aromatic heterocycles. The van der Waals surface area contributed by atoms with Crippen LogP contribution in [0.3, 0.4) is 0 Å². The van der Waals surface area contributed by atoms with E-state index in [0.717, 1.165) is 12.8 Å². The quantitative estimate of drug-likeness (QED) is 0.138. The topological polar surface area (TPSA) is 72.5 Å². The zero-order chi connectivity index (χ0) is 26.7. The Labute approximate surface area is 225 Å². The number of hydrogen-bond acceptors (Lipinski definition) is 7. The van der Waals surface area contributed by atoms with E-state index < -0.39 is 24.0 Å². The first kappa shape index (κ1) is 30.8. The number of rotatable bonds is 18. The summed E-state index contributed by atoms with van der Waals surface area (Å²) >= 11 is 0. The van der Waals surface area contributed by atoms with Gasteiger partial charge in [-0.05, 0) is 34.1 Å². The lowest BCUT2D eigenvalue weighted by molar-refractivity contribution is -0.242. The molecule has 3 rings (SSSR count). The Hall–Kier alpha value is -0.730. The fourth-order valence-electron chi connectivity index (χ4n) is 5.72. The van der Waals surface area contributed by atoms with Crippen LogP contribution in [0.1, 0.15) is 137 Å². The molecule has 216 valence electrons. The van der Waals surface area contributed by atoms with Gasteiger partial charge in [0.25, 0.3) is 0 Å². The normalized spacial score (nSPS) is 29.7. The molecular weight excluding hydrogens is 472 g/mol. The molecular formula is C30H54O7. The monoisotopic (exact) mass is 526 g/mol. The Morgan fingerprint density at radius 3 is 1.65 bits per heavy atom. The SMILES string of the molecule is CCCCCCCCCCCCCCCCCC(=O)OCC1OC2OC(C)(C)OC2C2OC(C)(C)OC12. The number of fused-ring (bicyclic) bond motifs is 3. The van der Waals surface area contributed by atoms with Crippen LogP contribution in [0.25, 0.3) is 0 Å². The first-order valence-corrected chi connectivity index (χ1v) is 15.2. The molecule has 7 nitrogen and oxygen atoms in total. The first-order chi connectivity index (χ1) is 17.7. The molecule has 5 atom stereocenters. The summed E-state index contributed by atoms with van der Waals surface area (Å²) in [6, 6.07) is 0. The molecule has 0 aromatic carbocycles. The molecule has 0 saturated carbocycles. The largest absolute Gasteiger partial charge is 0.463 e. The third-order valence-electron chi connectivity index (χ3n) is 7.64. The van der Waals surface area contributed by atoms with E-state index in [1.54, 1.807) is 0 Å². The molecule has 3 heterocycles. The van der Waals surface area contributed by atoms with Gasteiger partial charge in [0.05, 0.1) is 0 Å². The van der Waals surface area contributed by atoms with Crippen molar-refractivity contribution < 1.29 is 33.2 Å². The smallest absolute Gasteiger partial charge is 0.305 e. The molecule has 0 spiro atoms. The van der Waals surface area contributed by atoms with Gasteiger partial charge in [0.15, 0.2) is 17.9 Å². The van der Waals surface area contributed by atoms with Gasteiger partial charge in [-0.2, -0.15) is 0 Å². The van der Waals surface area contributed by atoms with E-state index in [0.29, 0.717) is 6.42 Å². The highest BCUT2D eigenvalue weighted by atomic mass is 16.9. The van der Waals surface area contributed by atoms with Gasteiger partial charge in [0, 0.05) is 6.42 Å². The maximum absolute atomic E-state index is 12.4. The van der Waals surface area contributed by atoms with Crippen molar-refractivity contribution >= 4 is 5.97 Å². The van der Waals surface area contributed by atoms with E-state index in [9.17, 15) is 4.79 Å². The second-order valence-corrected chi connectivity index (χ2v) is 12.1. The van der Waals surface area contributed by atoms with Crippen molar-refractivity contribution in [1.29, 1.82) is 0 Å². The van der Waals surface area contributed by atoms with Crippen LogP contribution < -0.4 is 0 Å². The number of esters is 1. The van der Waals surface area contributed by atoms with Gasteiger partial charge in [0.1, 0.15) is 31.0 Å². The van der Waals surface area contributed by atoms with E-state index >= 15 is 0 Å². The van der Waals surface area contributed by atoms with Gasteiger partial charge in [-0.25, -0.2) is 0 Å². The van der Waals surface area contributed by atoms with Gasteiger partial charge in [-0.15, -0.1) is 0 Å². The van der Waals surface area contributed by atoms with Crippen molar-refractivity contribution in [2.24, 2.45) is 0 Å². The zero-order valence-electron chi connectivity index (χ0n) is 24.3. The number of carbonyl (C=O) groups excluding carboxylic acids is 1. The van der Waals surface area contributed by atoms with Crippen molar-refractivity contribution in [3.05, 3.63) is 0 Å². The van der Waals surface area contributed by atoms with Crippen LogP contribution in [0.5, 0.6) is 0 Å². The standard InChI is InChI=1S/C30H54O7/c1-6-7-8-9-10-11-12-13-14-15-16-17-18-19-20-21-24(31)32-22-23-25-26(35-29(2,3)34-25)27-28(33-23)37-30(4,5)36-27/h23,25-28H,6-22H2,1-5H3. The second kappa shape index (κ2) is 15.2. The summed E-state index contributed by atoms with van der Waals surface area (Å²) in [5, 5.41) is 0. The van der Waals surface area contributed by atoms with Crippen LogP contribution in [0.2, 0.25) is 0 Å². The molecule has 0 aliphatic carbocycles. The first-order valence-electron chi connectivity index (χ1n) is 15.2. The Morgan fingerprint density at radius 1 is 0.622 bits per heavy atom. The predicted molar refractivity (Wildman–Crippen MR) is 143 cm³/mol. The minimum atomic E-state index is -0.755. The summed E-state index contributed by atoms with van der Waals surface area (Å²) in [5.74, 6) is -1.69. The lowest BCUT2D eigenvalue weighted by Gasteiger charge is -2.36. The highest BCUT2D eigenvalue weighted by molar-refractivity contribution is 5.69. The number of hydrogen-bond donors (Lipinski definition) is 0. The minimum Gasteiger partial charge on any atom is -0.463 e. The number of ether oxygens (including phenoxy) is 6. The van der Waals surface area contributed by atoms with E-state index in [4.69, 9.17) is 28.4 Å². The molecule has 0 aromatic rings. The average Bonchev–Trinajstić information content (AvgIpc) is 3.33. The van der Waals surface area contributed by atoms with Gasteiger partial charge in [-0.3, -0.25) is 4.79 Å². The lowest BCUT2D eigenvalue weighted by Crippen LogP contribution is -2.56. The van der Waals surface area contributed by atoms with Crippen molar-refractivity contribution in [3.63, 3.8) is 0 Å². The average molecular weight is 527 g/mol. The zero-order valence-corrected chi connectivity index (χ0v) is 24.3. The molecule has 0 amide bonds. The molecule has 3 fully saturated rings. The molecule has 0 bridgehead atoms. The van der Waals surface area contributed by atoms with Crippen LogP contribution in [-0.4, -0.2) is 54.9 Å². The van der Waals surface area contributed by atoms with Crippen LogP contribution in [0.4, 0.5) is 0 Å². The molecule has 3 saturated heterocycles. The molecule has 0 N–H and O–H groups in total. The fourth-order valence-corrected chi connectivity index (χ4v) is 5.72. The van der Waals surface area contributed by atoms with Crippen molar-refractivity contribution in [3.8, 4) is 0 Å². The Kier molecular flexibility index (Phi) is 12.6. The Bertz CT molecular complexity index is 664. The summed E-state index contributed by atoms with van der Waals surface area (Å²) in [7, 11) is 0. The summed E-state index contributed by atoms with van der Waals surface area (Å²) in [6.45, 7) is 9.87. The molecule has 0 radical (unpaired) electrons. The molecule has 37 heavy (non-hydrogen) atoms. The van der Waals surface area contributed by atoms with Crippen LogP contribution in [0, 0.1) is 0 Å². The lowest BCUT2D eigenvalue weighted by atomic mass is 9.99. The van der Waals surface area contributed by atoms with E-state index in [2.05, 4.69) is 6.92 Å². The van der Waals surface area contributed by atoms with E-state index in [1.165, 1.54) is 83.5 Å². The van der Waals surface area contributed by atoms with E-state index in [1.807, 2.05) is 27.7 Å². The van der Waals surface area contributed by atoms with Gasteiger partial charge in [-0.1, -0.05) is 96.8 Å². The maximum atomic E-state index is 12.4. The van der Waals surface area contributed by atoms with Crippen molar-refractivity contribution in [2.75, 3.05) is 6.61 Å². The van der Waals surface area contributed by atoms with Gasteiger partial charge in [0.2, 0.25) is 0 Å². The van der Waals surface area contributed by atoms with Gasteiger partial charge >= 0.3 is 5.97 Å². The molecule has 3 aliphatic heterocycles. The maximum Gasteiger partial charge on any atom is 0.305 e. The van der Waals surface area contributed by atoms with Crippen LogP contribution in [-0.2, 0) is 33.2 Å². The molecule has 5 unspecified atom stereocenters. The summed E-state index contributed by atoms with van der Waals surface area (Å²) in [6.07, 6.45) is 18.0. The minimum absolute atomic E-state index is 0.130. The Balaban J connectivity index is 1.20. The van der Waals surface area contributed by atoms with Crippen LogP contribution in [0.15, 0.2) is 0 Å². The second-order valence-electron chi connectivity index (χ2n) is 12.1. The Morgan fingerprint density at radius 2 is 1.08 bits per heavy atom. The number of carbonyl (C=O) groups is 1. The van der Waals surface area contributed by atoms with E-state index in [-0.39, 0.29) is 30.9 Å². The van der Waals surface area contributed by atoms with Crippen molar-refractivity contribution in [1.82, 2.24) is 0 Å². The fraction of sp³-hybridized carbons (Fsp3) is 0.967. The van der Waals surface area contributed by atoms with Crippen molar-refractivity contribution in [2.45, 2.75) is 180 Å². The highest BCUT2D eigenvalue weighted by Gasteiger charge is 2.60. The predicted octanol–water partition coefficient (Wildman–Crippen LogP) is 7.19.